The van der Waals surface area contributed by atoms with Crippen molar-refractivity contribution >= 4 is 17.2 Å². The van der Waals surface area contributed by atoms with E-state index in [9.17, 15) is 4.79 Å². The number of imidazole rings is 1. The zero-order valence-corrected chi connectivity index (χ0v) is 20.7. The highest BCUT2D eigenvalue weighted by molar-refractivity contribution is 5.78. The smallest absolute Gasteiger partial charge is 0.231 e. The molecule has 7 nitrogen and oxygen atoms in total. The summed E-state index contributed by atoms with van der Waals surface area (Å²) < 4.78 is 13.3. The SMILES string of the molecule is Cc1ccccc1N1CCN(C(=O)CC(c2ccc3c(c2)OCO3)c2cnc3c(C)cccn23)CC1. The van der Waals surface area contributed by atoms with E-state index in [1.54, 1.807) is 0 Å². The predicted molar refractivity (Wildman–Crippen MR) is 139 cm³/mol. The summed E-state index contributed by atoms with van der Waals surface area (Å²) in [6.07, 6.45) is 4.29. The second kappa shape index (κ2) is 9.22. The Bertz CT molecular complexity index is 1420. The average Bonchev–Trinajstić information content (AvgIpc) is 3.55. The number of piperazine rings is 1. The second-order valence-electron chi connectivity index (χ2n) is 9.59. The average molecular weight is 483 g/mol. The Balaban J connectivity index is 1.26. The van der Waals surface area contributed by atoms with Gasteiger partial charge in [-0.15, -0.1) is 0 Å². The van der Waals surface area contributed by atoms with Crippen molar-refractivity contribution in [3.05, 3.63) is 89.4 Å². The van der Waals surface area contributed by atoms with Gasteiger partial charge in [0.25, 0.3) is 0 Å². The summed E-state index contributed by atoms with van der Waals surface area (Å²) in [7, 11) is 0. The van der Waals surface area contributed by atoms with Crippen molar-refractivity contribution < 1.29 is 14.3 Å². The lowest BCUT2D eigenvalue weighted by Gasteiger charge is -2.37. The molecule has 4 heterocycles. The Kier molecular flexibility index (Phi) is 5.76. The Labute approximate surface area is 210 Å². The lowest BCUT2D eigenvalue weighted by atomic mass is 9.91. The van der Waals surface area contributed by atoms with E-state index in [0.717, 1.165) is 47.1 Å². The number of aryl methyl sites for hydroxylation is 2. The third-order valence-corrected chi connectivity index (χ3v) is 7.38. The van der Waals surface area contributed by atoms with Gasteiger partial charge in [0.2, 0.25) is 12.7 Å². The zero-order chi connectivity index (χ0) is 24.6. The standard InChI is InChI=1S/C29H30N4O3/c1-20-6-3-4-8-24(20)31-12-14-32(15-13-31)28(34)17-23(22-9-10-26-27(16-22)36-19-35-26)25-18-30-29-21(2)7-5-11-33(25)29/h3-11,16,18,23H,12-15,17,19H2,1-2H3. The summed E-state index contributed by atoms with van der Waals surface area (Å²) in [5, 5.41) is 0. The van der Waals surface area contributed by atoms with Crippen LogP contribution in [-0.2, 0) is 4.79 Å². The minimum atomic E-state index is -0.154. The third kappa shape index (κ3) is 4.04. The van der Waals surface area contributed by atoms with Gasteiger partial charge in [-0.2, -0.15) is 0 Å². The van der Waals surface area contributed by atoms with Crippen molar-refractivity contribution in [1.29, 1.82) is 0 Å². The molecule has 184 valence electrons. The molecule has 2 aromatic heterocycles. The molecule has 2 aromatic carbocycles. The molecule has 0 bridgehead atoms. The molecule has 2 aliphatic heterocycles. The van der Waals surface area contributed by atoms with Gasteiger partial charge in [0, 0.05) is 56.6 Å². The minimum absolute atomic E-state index is 0.154. The van der Waals surface area contributed by atoms with E-state index < -0.39 is 0 Å². The van der Waals surface area contributed by atoms with Crippen LogP contribution < -0.4 is 14.4 Å². The fourth-order valence-electron chi connectivity index (χ4n) is 5.37. The molecule has 0 spiro atoms. The van der Waals surface area contributed by atoms with Crippen molar-refractivity contribution in [2.75, 3.05) is 37.9 Å². The summed E-state index contributed by atoms with van der Waals surface area (Å²) in [5.41, 5.74) is 6.56. The van der Waals surface area contributed by atoms with Gasteiger partial charge in [0.1, 0.15) is 5.65 Å². The van der Waals surface area contributed by atoms with Gasteiger partial charge >= 0.3 is 0 Å². The number of nitrogens with zero attached hydrogens (tertiary/aromatic N) is 4. The molecule has 1 fully saturated rings. The molecule has 1 unspecified atom stereocenters. The number of aromatic nitrogens is 2. The van der Waals surface area contributed by atoms with Crippen LogP contribution in [0.1, 0.15) is 34.7 Å². The van der Waals surface area contributed by atoms with Gasteiger partial charge in [0.05, 0.1) is 5.69 Å². The van der Waals surface area contributed by atoms with E-state index in [4.69, 9.17) is 9.47 Å². The molecule has 1 saturated heterocycles. The highest BCUT2D eigenvalue weighted by Gasteiger charge is 2.28. The van der Waals surface area contributed by atoms with Crippen LogP contribution in [0, 0.1) is 13.8 Å². The molecule has 1 amide bonds. The number of pyridine rings is 1. The predicted octanol–water partition coefficient (Wildman–Crippen LogP) is 4.55. The van der Waals surface area contributed by atoms with Crippen LogP contribution in [0.4, 0.5) is 5.69 Å². The molecule has 4 aromatic rings. The van der Waals surface area contributed by atoms with Gasteiger partial charge in [0.15, 0.2) is 11.5 Å². The van der Waals surface area contributed by atoms with E-state index >= 15 is 0 Å². The van der Waals surface area contributed by atoms with Crippen molar-refractivity contribution in [2.45, 2.75) is 26.2 Å². The first-order valence-electron chi connectivity index (χ1n) is 12.5. The molecule has 2 aliphatic rings. The monoisotopic (exact) mass is 482 g/mol. The molecule has 7 heteroatoms. The fourth-order valence-corrected chi connectivity index (χ4v) is 5.37. The van der Waals surface area contributed by atoms with Crippen molar-refractivity contribution in [3.8, 4) is 11.5 Å². The molecule has 6 rings (SSSR count). The summed E-state index contributed by atoms with van der Waals surface area (Å²) in [6.45, 7) is 7.52. The van der Waals surface area contributed by atoms with Crippen molar-refractivity contribution in [2.24, 2.45) is 0 Å². The van der Waals surface area contributed by atoms with Crippen LogP contribution in [0.25, 0.3) is 5.65 Å². The molecule has 0 N–H and O–H groups in total. The molecule has 0 saturated carbocycles. The Morgan fingerprint density at radius 2 is 1.72 bits per heavy atom. The van der Waals surface area contributed by atoms with Gasteiger partial charge in [-0.05, 0) is 54.8 Å². The van der Waals surface area contributed by atoms with Gasteiger partial charge in [-0.3, -0.25) is 4.79 Å². The quantitative estimate of drug-likeness (QED) is 0.418. The molecule has 36 heavy (non-hydrogen) atoms. The number of carbonyl (C=O) groups excluding carboxylic acids is 1. The number of amides is 1. The Hall–Kier alpha value is -4.00. The molecule has 1 atom stereocenters. The summed E-state index contributed by atoms with van der Waals surface area (Å²) in [5.74, 6) is 1.47. The number of para-hydroxylation sites is 1. The zero-order valence-electron chi connectivity index (χ0n) is 20.7. The summed E-state index contributed by atoms with van der Waals surface area (Å²) in [4.78, 5) is 22.7. The first-order chi connectivity index (χ1) is 17.6. The van der Waals surface area contributed by atoms with Crippen molar-refractivity contribution in [3.63, 3.8) is 0 Å². The molecule has 0 radical (unpaired) electrons. The summed E-state index contributed by atoms with van der Waals surface area (Å²) >= 11 is 0. The van der Waals surface area contributed by atoms with E-state index in [-0.39, 0.29) is 18.6 Å². The number of benzene rings is 2. The maximum Gasteiger partial charge on any atom is 0.231 e. The van der Waals surface area contributed by atoms with Crippen LogP contribution >= 0.6 is 0 Å². The highest BCUT2D eigenvalue weighted by Crippen LogP contribution is 2.38. The van der Waals surface area contributed by atoms with Crippen LogP contribution in [0.2, 0.25) is 0 Å². The minimum Gasteiger partial charge on any atom is -0.454 e. The largest absolute Gasteiger partial charge is 0.454 e. The Morgan fingerprint density at radius 1 is 0.944 bits per heavy atom. The second-order valence-corrected chi connectivity index (χ2v) is 9.59. The lowest BCUT2D eigenvalue weighted by molar-refractivity contribution is -0.131. The van der Waals surface area contributed by atoms with Crippen molar-refractivity contribution in [1.82, 2.24) is 14.3 Å². The molecular formula is C29H30N4O3. The number of ether oxygens (including phenoxy) is 2. The highest BCUT2D eigenvalue weighted by atomic mass is 16.7. The van der Waals surface area contributed by atoms with Crippen LogP contribution in [0.5, 0.6) is 11.5 Å². The van der Waals surface area contributed by atoms with Crippen LogP contribution in [0.15, 0.2) is 67.0 Å². The van der Waals surface area contributed by atoms with E-state index in [1.165, 1.54) is 11.3 Å². The normalized spacial score (nSPS) is 15.9. The maximum atomic E-state index is 13.6. The third-order valence-electron chi connectivity index (χ3n) is 7.38. The van der Waals surface area contributed by atoms with Crippen LogP contribution in [-0.4, -0.2) is 53.2 Å². The first kappa shape index (κ1) is 22.5. The van der Waals surface area contributed by atoms with E-state index in [1.807, 2.05) is 41.6 Å². The topological polar surface area (TPSA) is 59.3 Å². The number of hydrogen-bond acceptors (Lipinski definition) is 5. The Morgan fingerprint density at radius 3 is 2.56 bits per heavy atom. The number of hydrogen-bond donors (Lipinski definition) is 0. The lowest BCUT2D eigenvalue weighted by Crippen LogP contribution is -2.49. The van der Waals surface area contributed by atoms with Gasteiger partial charge in [-0.1, -0.05) is 30.3 Å². The van der Waals surface area contributed by atoms with E-state index in [2.05, 4.69) is 58.5 Å². The molecular weight excluding hydrogens is 452 g/mol. The number of fused-ring (bicyclic) bond motifs is 2. The van der Waals surface area contributed by atoms with Gasteiger partial charge in [-0.25, -0.2) is 4.98 Å². The van der Waals surface area contributed by atoms with Gasteiger partial charge < -0.3 is 23.7 Å². The van der Waals surface area contributed by atoms with E-state index in [0.29, 0.717) is 19.5 Å². The molecule has 0 aliphatic carbocycles. The number of rotatable bonds is 5. The van der Waals surface area contributed by atoms with Crippen LogP contribution in [0.3, 0.4) is 0 Å². The summed E-state index contributed by atoms with van der Waals surface area (Å²) in [6, 6.07) is 18.5. The fraction of sp³-hybridized carbons (Fsp3) is 0.310. The number of carbonyl (C=O) groups is 1. The maximum absolute atomic E-state index is 13.6. The number of anilines is 1. The first-order valence-corrected chi connectivity index (χ1v) is 12.5.